The van der Waals surface area contributed by atoms with E-state index in [0.29, 0.717) is 37.5 Å². The van der Waals surface area contributed by atoms with Crippen LogP contribution < -0.4 is 9.47 Å². The van der Waals surface area contributed by atoms with Gasteiger partial charge in [0.05, 0.1) is 13.7 Å². The minimum Gasteiger partial charge on any atom is -0.492 e. The maximum absolute atomic E-state index is 12.8. The van der Waals surface area contributed by atoms with E-state index in [2.05, 4.69) is 41.3 Å². The van der Waals surface area contributed by atoms with E-state index < -0.39 is 5.97 Å². The molecule has 7 nitrogen and oxygen atoms in total. The van der Waals surface area contributed by atoms with Crippen LogP contribution in [0.2, 0.25) is 0 Å². The summed E-state index contributed by atoms with van der Waals surface area (Å²) in [6.45, 7) is 5.55. The van der Waals surface area contributed by atoms with Gasteiger partial charge in [0.25, 0.3) is 0 Å². The summed E-state index contributed by atoms with van der Waals surface area (Å²) < 4.78 is 18.4. The maximum Gasteiger partial charge on any atom is 0.341 e. The second kappa shape index (κ2) is 13.6. The Bertz CT molecular complexity index is 1580. The lowest BCUT2D eigenvalue weighted by atomic mass is 9.98. The third kappa shape index (κ3) is 6.86. The minimum atomic E-state index is -0.398. The summed E-state index contributed by atoms with van der Waals surface area (Å²) in [5.74, 6) is 1.18. The zero-order valence-electron chi connectivity index (χ0n) is 24.7. The number of rotatable bonds is 12. The lowest BCUT2D eigenvalue weighted by molar-refractivity contribution is -0.128. The Hall–Kier alpha value is -3.88. The second-order valence-electron chi connectivity index (χ2n) is 11.2. The molecule has 224 valence electrons. The van der Waals surface area contributed by atoms with Crippen molar-refractivity contribution in [1.29, 1.82) is 0 Å². The number of amides is 1. The number of benzene rings is 3. The summed E-state index contributed by atoms with van der Waals surface area (Å²) in [7, 11) is 1.41. The minimum absolute atomic E-state index is 0.219. The zero-order chi connectivity index (χ0) is 29.6. The summed E-state index contributed by atoms with van der Waals surface area (Å²) >= 11 is 1.73. The van der Waals surface area contributed by atoms with E-state index in [9.17, 15) is 9.59 Å². The molecule has 0 radical (unpaired) electrons. The first-order valence-electron chi connectivity index (χ1n) is 15.2. The molecule has 8 heteroatoms. The Labute approximate surface area is 257 Å². The van der Waals surface area contributed by atoms with E-state index in [1.54, 1.807) is 11.3 Å². The van der Waals surface area contributed by atoms with E-state index in [-0.39, 0.29) is 5.91 Å². The molecule has 0 unspecified atom stereocenters. The van der Waals surface area contributed by atoms with Gasteiger partial charge in [-0.15, -0.1) is 11.3 Å². The molecule has 0 saturated carbocycles. The predicted molar refractivity (Wildman–Crippen MR) is 170 cm³/mol. The lowest BCUT2D eigenvalue weighted by Gasteiger charge is -2.17. The van der Waals surface area contributed by atoms with Crippen molar-refractivity contribution < 1.29 is 23.8 Å². The molecule has 2 fully saturated rings. The van der Waals surface area contributed by atoms with Crippen LogP contribution >= 0.6 is 11.3 Å². The van der Waals surface area contributed by atoms with Crippen LogP contribution in [0, 0.1) is 0 Å². The molecule has 2 aliphatic heterocycles. The lowest BCUT2D eigenvalue weighted by Crippen LogP contribution is -2.29. The van der Waals surface area contributed by atoms with Crippen molar-refractivity contribution >= 4 is 33.3 Å². The highest BCUT2D eigenvalue weighted by Gasteiger charge is 2.21. The van der Waals surface area contributed by atoms with Crippen LogP contribution in [0.15, 0.2) is 66.7 Å². The summed E-state index contributed by atoms with van der Waals surface area (Å²) in [5, 5.41) is 1.21. The Balaban J connectivity index is 1.21. The fraction of sp³-hybridized carbons (Fsp3) is 0.371. The fourth-order valence-electron chi connectivity index (χ4n) is 5.99. The normalized spacial score (nSPS) is 15.4. The fourth-order valence-corrected chi connectivity index (χ4v) is 7.20. The molecule has 3 aromatic carbocycles. The van der Waals surface area contributed by atoms with Crippen LogP contribution in [-0.4, -0.2) is 74.7 Å². The smallest absolute Gasteiger partial charge is 0.341 e. The maximum atomic E-state index is 12.8. The van der Waals surface area contributed by atoms with Crippen molar-refractivity contribution in [2.24, 2.45) is 0 Å². The molecule has 0 atom stereocenters. The molecule has 4 aromatic rings. The first-order chi connectivity index (χ1) is 21.1. The molecule has 1 amide bonds. The summed E-state index contributed by atoms with van der Waals surface area (Å²) in [6, 6.07) is 22.5. The van der Waals surface area contributed by atoms with E-state index >= 15 is 0 Å². The first-order valence-corrected chi connectivity index (χ1v) is 16.0. The van der Waals surface area contributed by atoms with Gasteiger partial charge in [0.15, 0.2) is 0 Å². The summed E-state index contributed by atoms with van der Waals surface area (Å²) in [4.78, 5) is 30.1. The zero-order valence-corrected chi connectivity index (χ0v) is 25.5. The van der Waals surface area contributed by atoms with E-state index in [1.807, 2.05) is 35.2 Å². The average molecular weight is 599 g/mol. The van der Waals surface area contributed by atoms with Gasteiger partial charge in [-0.3, -0.25) is 9.69 Å². The molecule has 43 heavy (non-hydrogen) atoms. The first kappa shape index (κ1) is 29.2. The number of hydrogen-bond acceptors (Lipinski definition) is 7. The number of methoxy groups -OCH3 is 1. The molecule has 0 aliphatic carbocycles. The number of ether oxygens (including phenoxy) is 3. The number of carbonyl (C=O) groups excluding carboxylic acids is 2. The van der Waals surface area contributed by atoms with Crippen LogP contribution in [-0.2, 0) is 16.0 Å². The van der Waals surface area contributed by atoms with Crippen molar-refractivity contribution in [2.45, 2.75) is 32.1 Å². The molecule has 3 heterocycles. The Morgan fingerprint density at radius 3 is 2.44 bits per heavy atom. The number of fused-ring (bicyclic) bond motifs is 1. The standard InChI is InChI=1S/C35H38N2O5S/c1-40-35(39)30-24-26(12-15-31(30)42-21-19-36-16-4-5-17-36)34-29(28-7-2-3-8-32(28)43-34)23-25-10-13-27(14-11-25)41-22-20-37-18-6-9-33(37)38/h2-3,7-8,10-15,24H,4-6,9,16-23H2,1H3. The van der Waals surface area contributed by atoms with Gasteiger partial charge in [-0.1, -0.05) is 30.3 Å². The average Bonchev–Trinajstić information content (AvgIpc) is 3.79. The number of nitrogens with zero attached hydrogens (tertiary/aromatic N) is 2. The molecule has 6 rings (SSSR count). The quantitative estimate of drug-likeness (QED) is 0.175. The van der Waals surface area contributed by atoms with Crippen molar-refractivity contribution in [3.63, 3.8) is 0 Å². The Morgan fingerprint density at radius 1 is 0.884 bits per heavy atom. The highest BCUT2D eigenvalue weighted by atomic mass is 32.1. The van der Waals surface area contributed by atoms with Crippen LogP contribution in [0.1, 0.15) is 47.2 Å². The molecule has 0 bridgehead atoms. The van der Waals surface area contributed by atoms with Crippen molar-refractivity contribution in [2.75, 3.05) is 53.0 Å². The highest BCUT2D eigenvalue weighted by Crippen LogP contribution is 2.41. The van der Waals surface area contributed by atoms with Crippen molar-refractivity contribution in [3.05, 3.63) is 83.4 Å². The Kier molecular flexibility index (Phi) is 9.24. The SMILES string of the molecule is COC(=O)c1cc(-c2sc3ccccc3c2Cc2ccc(OCCN3CCCC3=O)cc2)ccc1OCCN1CCCC1. The number of esters is 1. The van der Waals surface area contributed by atoms with Gasteiger partial charge in [0.2, 0.25) is 5.91 Å². The van der Waals surface area contributed by atoms with E-state index in [4.69, 9.17) is 14.2 Å². The molecule has 0 N–H and O–H groups in total. The number of carbonyl (C=O) groups is 2. The predicted octanol–water partition coefficient (Wildman–Crippen LogP) is 6.42. The van der Waals surface area contributed by atoms with Gasteiger partial charge >= 0.3 is 5.97 Å². The summed E-state index contributed by atoms with van der Waals surface area (Å²) in [5.41, 5.74) is 3.81. The van der Waals surface area contributed by atoms with Gasteiger partial charge in [-0.05, 0) is 97.2 Å². The largest absolute Gasteiger partial charge is 0.492 e. The van der Waals surface area contributed by atoms with Gasteiger partial charge in [0, 0.05) is 29.1 Å². The number of likely N-dealkylation sites (tertiary alicyclic amines) is 2. The third-order valence-corrected chi connectivity index (χ3v) is 9.58. The molecular formula is C35H38N2O5S. The van der Waals surface area contributed by atoms with Gasteiger partial charge in [-0.2, -0.15) is 0 Å². The van der Waals surface area contributed by atoms with Crippen molar-refractivity contribution in [1.82, 2.24) is 9.80 Å². The van der Waals surface area contributed by atoms with Gasteiger partial charge in [0.1, 0.15) is 30.3 Å². The molecular weight excluding hydrogens is 560 g/mol. The van der Waals surface area contributed by atoms with E-state index in [0.717, 1.165) is 55.2 Å². The van der Waals surface area contributed by atoms with Crippen LogP contribution in [0.4, 0.5) is 0 Å². The highest BCUT2D eigenvalue weighted by molar-refractivity contribution is 7.22. The number of hydrogen-bond donors (Lipinski definition) is 0. The van der Waals surface area contributed by atoms with Gasteiger partial charge in [-0.25, -0.2) is 4.79 Å². The summed E-state index contributed by atoms with van der Waals surface area (Å²) in [6.07, 6.45) is 4.80. The molecule has 2 aliphatic rings. The van der Waals surface area contributed by atoms with Crippen LogP contribution in [0.3, 0.4) is 0 Å². The van der Waals surface area contributed by atoms with Gasteiger partial charge < -0.3 is 19.1 Å². The third-order valence-electron chi connectivity index (χ3n) is 8.31. The molecule has 0 spiro atoms. The Morgan fingerprint density at radius 2 is 1.67 bits per heavy atom. The van der Waals surface area contributed by atoms with Crippen LogP contribution in [0.5, 0.6) is 11.5 Å². The monoisotopic (exact) mass is 598 g/mol. The topological polar surface area (TPSA) is 68.3 Å². The van der Waals surface area contributed by atoms with Crippen molar-refractivity contribution in [3.8, 4) is 21.9 Å². The number of thiophene rings is 1. The van der Waals surface area contributed by atoms with Crippen LogP contribution in [0.25, 0.3) is 20.5 Å². The second-order valence-corrected chi connectivity index (χ2v) is 12.2. The molecule has 1 aromatic heterocycles. The molecule has 2 saturated heterocycles. The van der Waals surface area contributed by atoms with E-state index in [1.165, 1.54) is 41.2 Å².